The number of rotatable bonds is 7. The molecule has 174 valence electrons. The molecule has 0 saturated carbocycles. The predicted octanol–water partition coefficient (Wildman–Crippen LogP) is 4.17. The average molecular weight is 486 g/mol. The number of aromatic nitrogens is 3. The van der Waals surface area contributed by atoms with E-state index in [0.717, 1.165) is 52.1 Å². The number of aliphatic hydroxyl groups excluding tert-OH is 1. The van der Waals surface area contributed by atoms with Gasteiger partial charge in [0.25, 0.3) is 5.91 Å². The number of ether oxygens (including phenoxy) is 1. The van der Waals surface area contributed by atoms with Gasteiger partial charge in [0.05, 0.1) is 46.2 Å². The number of carbonyl (C=O) groups is 1. The summed E-state index contributed by atoms with van der Waals surface area (Å²) in [4.78, 5) is 29.9. The molecule has 2 fully saturated rings. The first-order valence-corrected chi connectivity index (χ1v) is 12.9. The molecule has 8 nitrogen and oxygen atoms in total. The maximum Gasteiger partial charge on any atom is 0.255 e. The van der Waals surface area contributed by atoms with Crippen molar-refractivity contribution in [3.05, 3.63) is 40.0 Å². The van der Waals surface area contributed by atoms with Crippen molar-refractivity contribution >= 4 is 39.5 Å². The van der Waals surface area contributed by atoms with E-state index in [1.807, 2.05) is 36.3 Å². The van der Waals surface area contributed by atoms with Gasteiger partial charge in [-0.15, -0.1) is 22.7 Å². The van der Waals surface area contributed by atoms with Gasteiger partial charge in [0, 0.05) is 23.7 Å². The van der Waals surface area contributed by atoms with E-state index in [0.29, 0.717) is 18.0 Å². The maximum atomic E-state index is 13.2. The van der Waals surface area contributed by atoms with Crippen molar-refractivity contribution < 1.29 is 14.6 Å². The van der Waals surface area contributed by atoms with Crippen molar-refractivity contribution in [2.24, 2.45) is 0 Å². The van der Waals surface area contributed by atoms with Crippen molar-refractivity contribution in [1.82, 2.24) is 19.9 Å². The molecule has 2 aliphatic rings. The van der Waals surface area contributed by atoms with Gasteiger partial charge in [0.1, 0.15) is 5.82 Å². The molecule has 0 aliphatic carbocycles. The topological polar surface area (TPSA) is 100 Å². The molecular weight excluding hydrogens is 458 g/mol. The van der Waals surface area contributed by atoms with Crippen LogP contribution < -0.4 is 5.32 Å². The number of aryl methyl sites for hydroxylation is 2. The van der Waals surface area contributed by atoms with Crippen LogP contribution in [0.2, 0.25) is 0 Å². The lowest BCUT2D eigenvalue weighted by Crippen LogP contribution is -2.48. The Morgan fingerprint density at radius 2 is 2.03 bits per heavy atom. The number of carbonyl (C=O) groups excluding carboxylic acids is 1. The Morgan fingerprint density at radius 3 is 2.67 bits per heavy atom. The largest absolute Gasteiger partial charge is 0.394 e. The van der Waals surface area contributed by atoms with Gasteiger partial charge in [-0.05, 0) is 51.7 Å². The van der Waals surface area contributed by atoms with Crippen LogP contribution in [-0.4, -0.2) is 62.3 Å². The third kappa shape index (κ3) is 4.65. The van der Waals surface area contributed by atoms with E-state index in [-0.39, 0.29) is 30.7 Å². The van der Waals surface area contributed by atoms with Crippen LogP contribution in [0.1, 0.15) is 46.7 Å². The van der Waals surface area contributed by atoms with E-state index in [2.05, 4.69) is 20.3 Å². The van der Waals surface area contributed by atoms with Crippen molar-refractivity contribution in [3.8, 4) is 10.6 Å². The maximum absolute atomic E-state index is 13.2. The predicted molar refractivity (Wildman–Crippen MR) is 129 cm³/mol. The first-order chi connectivity index (χ1) is 16.0. The molecule has 0 aromatic carbocycles. The highest BCUT2D eigenvalue weighted by Crippen LogP contribution is 2.38. The first-order valence-electron chi connectivity index (χ1n) is 11.2. The number of aliphatic hydroxyl groups is 1. The molecule has 5 rings (SSSR count). The number of hydrogen-bond donors (Lipinski definition) is 2. The third-order valence-corrected chi connectivity index (χ3v) is 8.11. The fourth-order valence-electron chi connectivity index (χ4n) is 4.87. The van der Waals surface area contributed by atoms with Crippen LogP contribution in [-0.2, 0) is 4.74 Å². The normalized spacial score (nSPS) is 22.0. The summed E-state index contributed by atoms with van der Waals surface area (Å²) in [5, 5.41) is 16.0. The van der Waals surface area contributed by atoms with Gasteiger partial charge in [-0.1, -0.05) is 0 Å². The fourth-order valence-corrected chi connectivity index (χ4v) is 6.53. The molecular formula is C23H27N5O3S2. The second-order valence-corrected chi connectivity index (χ2v) is 10.6. The molecule has 10 heteroatoms. The summed E-state index contributed by atoms with van der Waals surface area (Å²) in [5.41, 5.74) is 2.51. The minimum Gasteiger partial charge on any atom is -0.394 e. The Hall–Kier alpha value is -2.40. The summed E-state index contributed by atoms with van der Waals surface area (Å²) < 4.78 is 5.74. The minimum atomic E-state index is 0.0351. The van der Waals surface area contributed by atoms with Gasteiger partial charge >= 0.3 is 0 Å². The van der Waals surface area contributed by atoms with Crippen LogP contribution in [0.4, 0.5) is 10.9 Å². The summed E-state index contributed by atoms with van der Waals surface area (Å²) in [6.45, 7) is 4.39. The number of pyridine rings is 1. The minimum absolute atomic E-state index is 0.0351. The van der Waals surface area contributed by atoms with Crippen LogP contribution >= 0.6 is 22.7 Å². The number of nitrogens with one attached hydrogen (secondary N) is 1. The molecule has 2 saturated heterocycles. The van der Waals surface area contributed by atoms with Crippen LogP contribution in [0.3, 0.4) is 0 Å². The average Bonchev–Trinajstić information content (AvgIpc) is 3.47. The molecule has 2 bridgehead atoms. The lowest BCUT2D eigenvalue weighted by molar-refractivity contribution is -0.0252. The lowest BCUT2D eigenvalue weighted by atomic mass is 9.98. The Labute approximate surface area is 200 Å². The number of anilines is 2. The van der Waals surface area contributed by atoms with E-state index in [1.54, 1.807) is 17.5 Å². The smallest absolute Gasteiger partial charge is 0.255 e. The quantitative estimate of drug-likeness (QED) is 0.518. The van der Waals surface area contributed by atoms with Gasteiger partial charge in [0.2, 0.25) is 0 Å². The summed E-state index contributed by atoms with van der Waals surface area (Å²) in [7, 11) is 0. The SMILES string of the molecule is Cc1nc(C)c(-c2csc(Nc3ccc(C(=O)N4[C@@H]5CC[C@H]4CC(OCCO)C5)cn3)n2)s1. The highest BCUT2D eigenvalue weighted by atomic mass is 32.1. The monoisotopic (exact) mass is 485 g/mol. The van der Waals surface area contributed by atoms with Gasteiger partial charge in [0.15, 0.2) is 5.13 Å². The lowest BCUT2D eigenvalue weighted by Gasteiger charge is -2.38. The molecule has 2 N–H and O–H groups in total. The zero-order chi connectivity index (χ0) is 22.9. The molecule has 1 unspecified atom stereocenters. The standard InChI is InChI=1S/C23H27N5O3S2/c1-13-21(33-14(2)25-13)19-12-32-23(26-19)27-20-6-3-15(11-24-20)22(30)28-16-4-5-17(28)10-18(9-16)31-8-7-29/h3,6,11-12,16-18,29H,4-5,7-10H2,1-2H3,(H,24,26,27)/t16-,17+,18?. The molecule has 3 aromatic rings. The summed E-state index contributed by atoms with van der Waals surface area (Å²) in [6.07, 6.45) is 5.45. The van der Waals surface area contributed by atoms with Crippen molar-refractivity contribution in [1.29, 1.82) is 0 Å². The Kier molecular flexibility index (Phi) is 6.42. The zero-order valence-corrected chi connectivity index (χ0v) is 20.3. The van der Waals surface area contributed by atoms with E-state index >= 15 is 0 Å². The number of nitrogens with zero attached hydrogens (tertiary/aromatic N) is 4. The van der Waals surface area contributed by atoms with Crippen LogP contribution in [0, 0.1) is 13.8 Å². The second-order valence-electron chi connectivity index (χ2n) is 8.53. The highest BCUT2D eigenvalue weighted by molar-refractivity contribution is 7.16. The summed E-state index contributed by atoms with van der Waals surface area (Å²) in [6, 6.07) is 4.06. The zero-order valence-electron chi connectivity index (χ0n) is 18.7. The Morgan fingerprint density at radius 1 is 1.24 bits per heavy atom. The molecule has 3 atom stereocenters. The highest BCUT2D eigenvalue weighted by Gasteiger charge is 2.43. The third-order valence-electron chi connectivity index (χ3n) is 6.25. The van der Waals surface area contributed by atoms with Crippen molar-refractivity contribution in [3.63, 3.8) is 0 Å². The van der Waals surface area contributed by atoms with E-state index < -0.39 is 0 Å². The molecule has 33 heavy (non-hydrogen) atoms. The van der Waals surface area contributed by atoms with Gasteiger partial charge in [-0.2, -0.15) is 0 Å². The second kappa shape index (κ2) is 9.46. The Bertz CT molecular complexity index is 1120. The van der Waals surface area contributed by atoms with Gasteiger partial charge in [-0.25, -0.2) is 15.0 Å². The van der Waals surface area contributed by atoms with Crippen LogP contribution in [0.5, 0.6) is 0 Å². The summed E-state index contributed by atoms with van der Waals surface area (Å²) >= 11 is 3.16. The number of hydrogen-bond acceptors (Lipinski definition) is 9. The fraction of sp³-hybridized carbons (Fsp3) is 0.478. The van der Waals surface area contributed by atoms with Crippen LogP contribution in [0.15, 0.2) is 23.7 Å². The molecule has 3 aromatic heterocycles. The van der Waals surface area contributed by atoms with Crippen molar-refractivity contribution in [2.45, 2.75) is 57.7 Å². The summed E-state index contributed by atoms with van der Waals surface area (Å²) in [5.74, 6) is 0.693. The van der Waals surface area contributed by atoms with E-state index in [9.17, 15) is 4.79 Å². The van der Waals surface area contributed by atoms with E-state index in [1.165, 1.54) is 11.3 Å². The molecule has 0 radical (unpaired) electrons. The van der Waals surface area contributed by atoms with Crippen molar-refractivity contribution in [2.75, 3.05) is 18.5 Å². The number of thiazole rings is 2. The number of fused-ring (bicyclic) bond motifs is 2. The number of piperidine rings is 1. The van der Waals surface area contributed by atoms with Gasteiger partial charge in [-0.3, -0.25) is 4.79 Å². The molecule has 0 spiro atoms. The van der Waals surface area contributed by atoms with E-state index in [4.69, 9.17) is 9.84 Å². The molecule has 5 heterocycles. The molecule has 2 aliphatic heterocycles. The number of amides is 1. The molecule has 1 amide bonds. The first kappa shape index (κ1) is 22.4. The van der Waals surface area contributed by atoms with Gasteiger partial charge < -0.3 is 20.1 Å². The Balaban J connectivity index is 1.23. The van der Waals surface area contributed by atoms with Crippen LogP contribution in [0.25, 0.3) is 10.6 Å².